The van der Waals surface area contributed by atoms with Crippen molar-refractivity contribution in [2.24, 2.45) is 11.7 Å². The van der Waals surface area contributed by atoms with Crippen molar-refractivity contribution in [3.8, 4) is 0 Å². The summed E-state index contributed by atoms with van der Waals surface area (Å²) in [6.45, 7) is 7.37. The highest BCUT2D eigenvalue weighted by Gasteiger charge is 2.47. The van der Waals surface area contributed by atoms with Crippen molar-refractivity contribution in [2.45, 2.75) is 57.9 Å². The first-order chi connectivity index (χ1) is 13.3. The molecule has 2 N–H and O–H groups in total. The number of piperidine rings is 1. The predicted octanol–water partition coefficient (Wildman–Crippen LogP) is 2.98. The van der Waals surface area contributed by atoms with Gasteiger partial charge in [-0.2, -0.15) is 0 Å². The molecule has 7 heteroatoms. The first kappa shape index (κ1) is 20.5. The Morgan fingerprint density at radius 3 is 2.54 bits per heavy atom. The number of likely N-dealkylation sites (tertiary alicyclic amines) is 2. The molecule has 3 rings (SSSR count). The average molecular weight is 389 g/mol. The molecule has 2 heterocycles. The number of hydrogen-bond donors (Lipinski definition) is 1. The Kier molecular flexibility index (Phi) is 6.13. The van der Waals surface area contributed by atoms with Gasteiger partial charge in [-0.15, -0.1) is 0 Å². The number of benzene rings is 1. The topological polar surface area (TPSA) is 85.1 Å². The van der Waals surface area contributed by atoms with Crippen LogP contribution in [-0.4, -0.2) is 59.3 Å². The van der Waals surface area contributed by atoms with Gasteiger partial charge in [-0.25, -0.2) is 9.59 Å². The minimum absolute atomic E-state index is 0.0514. The van der Waals surface area contributed by atoms with E-state index in [1.54, 1.807) is 9.80 Å². The smallest absolute Gasteiger partial charge is 0.410 e. The van der Waals surface area contributed by atoms with E-state index in [2.05, 4.69) is 0 Å². The van der Waals surface area contributed by atoms with E-state index in [4.69, 9.17) is 15.2 Å². The largest absolute Gasteiger partial charge is 0.445 e. The lowest BCUT2D eigenvalue weighted by molar-refractivity contribution is 0.0103. The third-order valence-corrected chi connectivity index (χ3v) is 5.36. The Hall–Kier alpha value is -2.28. The van der Waals surface area contributed by atoms with Gasteiger partial charge in [-0.1, -0.05) is 30.3 Å². The molecule has 0 spiro atoms. The number of nitrogens with two attached hydrogens (primary N) is 1. The molecule has 2 aliphatic rings. The molecule has 0 aliphatic carbocycles. The fourth-order valence-corrected chi connectivity index (χ4v) is 4.13. The summed E-state index contributed by atoms with van der Waals surface area (Å²) in [4.78, 5) is 28.7. The van der Waals surface area contributed by atoms with Crippen LogP contribution in [0.25, 0.3) is 0 Å². The second-order valence-electron chi connectivity index (χ2n) is 8.62. The van der Waals surface area contributed by atoms with Gasteiger partial charge < -0.3 is 25.0 Å². The molecule has 154 valence electrons. The predicted molar refractivity (Wildman–Crippen MR) is 106 cm³/mol. The number of rotatable bonds is 3. The molecule has 0 bridgehead atoms. The van der Waals surface area contributed by atoms with Crippen LogP contribution in [0.2, 0.25) is 0 Å². The van der Waals surface area contributed by atoms with E-state index in [1.165, 1.54) is 0 Å². The molecule has 0 saturated carbocycles. The summed E-state index contributed by atoms with van der Waals surface area (Å²) in [5, 5.41) is 0. The van der Waals surface area contributed by atoms with E-state index in [1.807, 2.05) is 51.1 Å². The molecule has 2 aliphatic heterocycles. The normalized spacial score (nSPS) is 24.6. The van der Waals surface area contributed by atoms with E-state index in [-0.39, 0.29) is 36.8 Å². The molecular weight excluding hydrogens is 358 g/mol. The molecule has 1 aromatic carbocycles. The third-order valence-electron chi connectivity index (χ3n) is 5.36. The van der Waals surface area contributed by atoms with Crippen molar-refractivity contribution in [3.63, 3.8) is 0 Å². The molecule has 1 aromatic rings. The van der Waals surface area contributed by atoms with Gasteiger partial charge in [0.2, 0.25) is 0 Å². The summed E-state index contributed by atoms with van der Waals surface area (Å²) >= 11 is 0. The minimum Gasteiger partial charge on any atom is -0.445 e. The van der Waals surface area contributed by atoms with E-state index >= 15 is 0 Å². The number of amides is 2. The van der Waals surface area contributed by atoms with Crippen molar-refractivity contribution < 1.29 is 19.1 Å². The third kappa shape index (κ3) is 4.76. The highest BCUT2D eigenvalue weighted by atomic mass is 16.6. The van der Waals surface area contributed by atoms with Gasteiger partial charge in [0.25, 0.3) is 0 Å². The quantitative estimate of drug-likeness (QED) is 0.859. The van der Waals surface area contributed by atoms with Gasteiger partial charge in [0.05, 0.1) is 0 Å². The Balaban J connectivity index is 1.61. The van der Waals surface area contributed by atoms with Crippen LogP contribution in [-0.2, 0) is 16.1 Å². The molecular formula is C21H31N3O4. The van der Waals surface area contributed by atoms with Crippen molar-refractivity contribution in [2.75, 3.05) is 19.6 Å². The zero-order valence-electron chi connectivity index (χ0n) is 17.0. The fraction of sp³-hybridized carbons (Fsp3) is 0.619. The van der Waals surface area contributed by atoms with Gasteiger partial charge in [0.15, 0.2) is 0 Å². The first-order valence-corrected chi connectivity index (χ1v) is 9.95. The van der Waals surface area contributed by atoms with Crippen LogP contribution in [0.1, 0.15) is 39.2 Å². The standard InChI is InChI=1S/C21H31N3O4/c1-21(2,3)28-19(25)23-10-9-18-16(13-23)11-17(12-22)24(18)20(26)27-14-15-7-5-4-6-8-15/h4-8,16-18H,9-14,22H2,1-3H3. The van der Waals surface area contributed by atoms with Crippen LogP contribution in [0.4, 0.5) is 9.59 Å². The molecule has 0 radical (unpaired) electrons. The Bertz CT molecular complexity index is 689. The fourth-order valence-electron chi connectivity index (χ4n) is 4.13. The van der Waals surface area contributed by atoms with Crippen molar-refractivity contribution in [1.82, 2.24) is 9.80 Å². The van der Waals surface area contributed by atoms with Crippen LogP contribution in [0.3, 0.4) is 0 Å². The molecule has 2 saturated heterocycles. The minimum atomic E-state index is -0.517. The Morgan fingerprint density at radius 1 is 1.18 bits per heavy atom. The van der Waals surface area contributed by atoms with Crippen LogP contribution >= 0.6 is 0 Å². The second kappa shape index (κ2) is 8.39. The van der Waals surface area contributed by atoms with Gasteiger partial charge in [0.1, 0.15) is 12.2 Å². The Labute approximate surface area is 166 Å². The number of hydrogen-bond acceptors (Lipinski definition) is 5. The lowest BCUT2D eigenvalue weighted by Crippen LogP contribution is -2.51. The lowest BCUT2D eigenvalue weighted by Gasteiger charge is -2.38. The zero-order valence-corrected chi connectivity index (χ0v) is 17.0. The summed E-state index contributed by atoms with van der Waals surface area (Å²) < 4.78 is 11.1. The second-order valence-corrected chi connectivity index (χ2v) is 8.62. The number of carbonyl (C=O) groups is 2. The van der Waals surface area contributed by atoms with Crippen molar-refractivity contribution in [1.29, 1.82) is 0 Å². The van der Waals surface area contributed by atoms with Crippen LogP contribution in [0.15, 0.2) is 30.3 Å². The Morgan fingerprint density at radius 2 is 1.89 bits per heavy atom. The number of fused-ring (bicyclic) bond motifs is 1. The van der Waals surface area contributed by atoms with E-state index in [0.29, 0.717) is 26.1 Å². The first-order valence-electron chi connectivity index (χ1n) is 9.95. The summed E-state index contributed by atoms with van der Waals surface area (Å²) in [5.74, 6) is 0.194. The van der Waals surface area contributed by atoms with Gasteiger partial charge in [-0.05, 0) is 45.1 Å². The maximum Gasteiger partial charge on any atom is 0.410 e. The van der Waals surface area contributed by atoms with Crippen molar-refractivity contribution in [3.05, 3.63) is 35.9 Å². The van der Waals surface area contributed by atoms with Crippen LogP contribution in [0.5, 0.6) is 0 Å². The van der Waals surface area contributed by atoms with E-state index in [9.17, 15) is 9.59 Å². The highest BCUT2D eigenvalue weighted by Crippen LogP contribution is 2.36. The number of carbonyl (C=O) groups excluding carboxylic acids is 2. The molecule has 3 unspecified atom stereocenters. The molecule has 0 aromatic heterocycles. The lowest BCUT2D eigenvalue weighted by atomic mass is 9.92. The summed E-state index contributed by atoms with van der Waals surface area (Å²) in [5.41, 5.74) is 6.38. The maximum atomic E-state index is 12.8. The van der Waals surface area contributed by atoms with E-state index in [0.717, 1.165) is 12.0 Å². The summed E-state index contributed by atoms with van der Waals surface area (Å²) in [6, 6.07) is 9.63. The number of ether oxygens (including phenoxy) is 2. The monoisotopic (exact) mass is 389 g/mol. The maximum absolute atomic E-state index is 12.8. The average Bonchev–Trinajstić information content (AvgIpc) is 3.03. The SMILES string of the molecule is CC(C)(C)OC(=O)N1CCC2C(CC(CN)N2C(=O)OCc2ccccc2)C1. The molecule has 28 heavy (non-hydrogen) atoms. The number of nitrogens with zero attached hydrogens (tertiary/aromatic N) is 2. The van der Waals surface area contributed by atoms with Crippen LogP contribution in [0, 0.1) is 5.92 Å². The van der Waals surface area contributed by atoms with Gasteiger partial charge in [-0.3, -0.25) is 0 Å². The summed E-state index contributed by atoms with van der Waals surface area (Å²) in [7, 11) is 0. The van der Waals surface area contributed by atoms with Crippen LogP contribution < -0.4 is 5.73 Å². The highest BCUT2D eigenvalue weighted by molar-refractivity contribution is 5.70. The van der Waals surface area contributed by atoms with Gasteiger partial charge >= 0.3 is 12.2 Å². The molecule has 3 atom stereocenters. The zero-order chi connectivity index (χ0) is 20.3. The van der Waals surface area contributed by atoms with Crippen molar-refractivity contribution >= 4 is 12.2 Å². The molecule has 2 amide bonds. The summed E-state index contributed by atoms with van der Waals surface area (Å²) in [6.07, 6.45) is 0.875. The molecule has 2 fully saturated rings. The molecule has 7 nitrogen and oxygen atoms in total. The van der Waals surface area contributed by atoms with E-state index < -0.39 is 5.60 Å². The van der Waals surface area contributed by atoms with Gasteiger partial charge in [0, 0.05) is 31.7 Å².